The normalized spacial score (nSPS) is 18.9. The molecule has 3 unspecified atom stereocenters. The largest absolute Gasteiger partial charge is 0.493 e. The van der Waals surface area contributed by atoms with Crippen LogP contribution >= 0.6 is 0 Å². The predicted molar refractivity (Wildman–Crippen MR) is 223 cm³/mol. The van der Waals surface area contributed by atoms with Crippen molar-refractivity contribution in [3.05, 3.63) is 128 Å². The molecule has 10 heteroatoms. The molecule has 8 rings (SSSR count). The summed E-state index contributed by atoms with van der Waals surface area (Å²) in [6, 6.07) is 10.9. The molecule has 0 spiro atoms. The van der Waals surface area contributed by atoms with E-state index >= 15 is 0 Å². The Morgan fingerprint density at radius 3 is 1.80 bits per heavy atom. The molecule has 3 atom stereocenters. The Bertz CT molecular complexity index is 2200. The van der Waals surface area contributed by atoms with Crippen LogP contribution in [0, 0.1) is 52.7 Å². The molecule has 0 fully saturated rings. The number of halogens is 6. The van der Waals surface area contributed by atoms with Crippen LogP contribution in [-0.4, -0.2) is 26.4 Å². The van der Waals surface area contributed by atoms with Crippen LogP contribution < -0.4 is 18.9 Å². The fourth-order valence-electron chi connectivity index (χ4n) is 8.62. The fourth-order valence-corrected chi connectivity index (χ4v) is 8.62. The molecular formula is C50H54F6O4. The van der Waals surface area contributed by atoms with Crippen LogP contribution in [0.2, 0.25) is 0 Å². The van der Waals surface area contributed by atoms with Crippen LogP contribution in [0.3, 0.4) is 0 Å². The monoisotopic (exact) mass is 832 g/mol. The topological polar surface area (TPSA) is 36.9 Å². The van der Waals surface area contributed by atoms with E-state index in [9.17, 15) is 26.3 Å². The predicted octanol–water partition coefficient (Wildman–Crippen LogP) is 13.1. The van der Waals surface area contributed by atoms with Gasteiger partial charge in [0.15, 0.2) is 23.1 Å². The molecule has 0 N–H and O–H groups in total. The Labute approximate surface area is 349 Å². The first-order valence-electron chi connectivity index (χ1n) is 21.6. The molecule has 0 radical (unpaired) electrons. The van der Waals surface area contributed by atoms with Gasteiger partial charge in [0.05, 0.1) is 19.8 Å². The summed E-state index contributed by atoms with van der Waals surface area (Å²) < 4.78 is 107. The Kier molecular flexibility index (Phi) is 14.5. The van der Waals surface area contributed by atoms with Gasteiger partial charge in [0.25, 0.3) is 0 Å². The second-order valence-electron chi connectivity index (χ2n) is 16.7. The van der Waals surface area contributed by atoms with Gasteiger partial charge in [-0.15, -0.1) is 0 Å². The summed E-state index contributed by atoms with van der Waals surface area (Å²) in [5.41, 5.74) is 4.50. The summed E-state index contributed by atoms with van der Waals surface area (Å²) in [6.45, 7) is 6.23. The highest BCUT2D eigenvalue weighted by Crippen LogP contribution is 2.37. The second-order valence-corrected chi connectivity index (χ2v) is 16.7. The molecule has 4 heterocycles. The molecule has 0 saturated carbocycles. The lowest BCUT2D eigenvalue weighted by atomic mass is 9.89. The third-order valence-electron chi connectivity index (χ3n) is 11.9. The zero-order chi connectivity index (χ0) is 42.2. The third kappa shape index (κ3) is 10.9. The molecule has 4 aliphatic heterocycles. The number of ether oxygens (including phenoxy) is 4. The molecule has 0 bridgehead atoms. The van der Waals surface area contributed by atoms with E-state index in [0.29, 0.717) is 78.7 Å². The minimum Gasteiger partial charge on any atom is -0.493 e. The summed E-state index contributed by atoms with van der Waals surface area (Å²) in [7, 11) is 0. The van der Waals surface area contributed by atoms with Gasteiger partial charge in [-0.25, -0.2) is 26.3 Å². The smallest absolute Gasteiger partial charge is 0.168 e. The van der Waals surface area contributed by atoms with Crippen molar-refractivity contribution in [3.8, 4) is 23.0 Å². The highest BCUT2D eigenvalue weighted by atomic mass is 19.2. The van der Waals surface area contributed by atoms with Crippen LogP contribution in [0.25, 0.3) is 12.2 Å². The number of hydrogen-bond donors (Lipinski definition) is 0. The molecule has 4 nitrogen and oxygen atoms in total. The van der Waals surface area contributed by atoms with Crippen molar-refractivity contribution in [1.82, 2.24) is 0 Å². The van der Waals surface area contributed by atoms with Crippen molar-refractivity contribution in [2.75, 3.05) is 26.4 Å². The molecule has 4 aromatic carbocycles. The van der Waals surface area contributed by atoms with E-state index in [-0.39, 0.29) is 35.7 Å². The van der Waals surface area contributed by atoms with Crippen LogP contribution in [-0.2, 0) is 25.7 Å². The van der Waals surface area contributed by atoms with Crippen LogP contribution in [0.1, 0.15) is 105 Å². The maximum absolute atomic E-state index is 14.7. The van der Waals surface area contributed by atoms with Crippen LogP contribution in [0.5, 0.6) is 23.0 Å². The lowest BCUT2D eigenvalue weighted by molar-refractivity contribution is 0.203. The minimum atomic E-state index is -0.727. The molecule has 0 saturated heterocycles. The van der Waals surface area contributed by atoms with Crippen LogP contribution in [0.15, 0.2) is 60.2 Å². The van der Waals surface area contributed by atoms with Crippen molar-refractivity contribution < 1.29 is 45.3 Å². The van der Waals surface area contributed by atoms with Crippen molar-refractivity contribution in [3.63, 3.8) is 0 Å². The van der Waals surface area contributed by atoms with Gasteiger partial charge in [0.2, 0.25) is 0 Å². The molecule has 0 amide bonds. The summed E-state index contributed by atoms with van der Waals surface area (Å²) in [5.74, 6) is -0.433. The average molecular weight is 833 g/mol. The van der Waals surface area contributed by atoms with Gasteiger partial charge in [0, 0.05) is 28.8 Å². The lowest BCUT2D eigenvalue weighted by Crippen LogP contribution is -2.23. The Morgan fingerprint density at radius 1 is 0.533 bits per heavy atom. The van der Waals surface area contributed by atoms with E-state index in [1.807, 2.05) is 6.07 Å². The molecule has 0 aromatic heterocycles. The number of unbranched alkanes of at least 4 members (excludes halogenated alkanes) is 4. The number of aryl methyl sites for hydroxylation is 1. The highest BCUT2D eigenvalue weighted by Gasteiger charge is 2.26. The SMILES string of the molecule is CCCCCC1COc2cc(/C=C/C3=Cc4cc(F)cc(F)c4OC3)c(F)cc2C1.CCCCCC1COc2cc(CCC3COc4c(F)cc(F)cc4C3)c(F)cc2C1. The van der Waals surface area contributed by atoms with Crippen LogP contribution in [0.4, 0.5) is 26.3 Å². The molecular weight excluding hydrogens is 779 g/mol. The van der Waals surface area contributed by atoms with E-state index in [2.05, 4.69) is 13.8 Å². The third-order valence-corrected chi connectivity index (χ3v) is 11.9. The zero-order valence-electron chi connectivity index (χ0n) is 34.5. The first-order valence-corrected chi connectivity index (χ1v) is 21.6. The number of rotatable bonds is 13. The van der Waals surface area contributed by atoms with Gasteiger partial charge in [-0.05, 0) is 127 Å². The molecule has 60 heavy (non-hydrogen) atoms. The maximum atomic E-state index is 14.7. The van der Waals surface area contributed by atoms with E-state index in [1.54, 1.807) is 36.4 Å². The van der Waals surface area contributed by atoms with E-state index in [0.717, 1.165) is 60.4 Å². The van der Waals surface area contributed by atoms with Crippen molar-refractivity contribution in [2.24, 2.45) is 17.8 Å². The van der Waals surface area contributed by atoms with E-state index in [4.69, 9.17) is 18.9 Å². The molecule has 320 valence electrons. The van der Waals surface area contributed by atoms with Gasteiger partial charge in [-0.2, -0.15) is 0 Å². The Balaban J connectivity index is 0.000000181. The quantitative estimate of drug-likeness (QED) is 0.0993. The van der Waals surface area contributed by atoms with Gasteiger partial charge in [0.1, 0.15) is 41.4 Å². The molecule has 0 aliphatic carbocycles. The number of hydrogen-bond acceptors (Lipinski definition) is 4. The minimum absolute atomic E-state index is 0.0374. The van der Waals surface area contributed by atoms with Crippen molar-refractivity contribution in [2.45, 2.75) is 97.3 Å². The summed E-state index contributed by atoms with van der Waals surface area (Å²) >= 11 is 0. The first-order chi connectivity index (χ1) is 29.1. The fraction of sp³-hybridized carbons (Fsp3) is 0.440. The van der Waals surface area contributed by atoms with Crippen molar-refractivity contribution >= 4 is 12.2 Å². The Morgan fingerprint density at radius 2 is 1.12 bits per heavy atom. The molecule has 4 aliphatic rings. The number of fused-ring (bicyclic) bond motifs is 4. The summed E-state index contributed by atoms with van der Waals surface area (Å²) in [4.78, 5) is 0. The van der Waals surface area contributed by atoms with E-state index in [1.165, 1.54) is 50.7 Å². The maximum Gasteiger partial charge on any atom is 0.168 e. The van der Waals surface area contributed by atoms with E-state index < -0.39 is 23.3 Å². The molecule has 4 aromatic rings. The van der Waals surface area contributed by atoms with Gasteiger partial charge >= 0.3 is 0 Å². The van der Waals surface area contributed by atoms with Gasteiger partial charge in [-0.1, -0.05) is 64.5 Å². The standard InChI is InChI=1S/C25H29F3O2.C25H25F3O2/c2*1-2-3-4-5-16-8-19-11-22(27)18(12-24(19)29-14-16)7-6-17-9-20-10-21(26)13-23(28)25(20)30-15-17/h10-13,16-17H,2-9,14-15H2,1H3;6-7,9-13,16H,2-5,8,14-15H2,1H3/b;7-6+. The van der Waals surface area contributed by atoms with Crippen molar-refractivity contribution in [1.29, 1.82) is 0 Å². The van der Waals surface area contributed by atoms with Gasteiger partial charge in [-0.3, -0.25) is 0 Å². The Hall–Kier alpha value is -4.86. The van der Waals surface area contributed by atoms with Gasteiger partial charge < -0.3 is 18.9 Å². The number of benzene rings is 4. The summed E-state index contributed by atoms with van der Waals surface area (Å²) in [6.07, 6.45) is 17.9. The average Bonchev–Trinajstić information content (AvgIpc) is 3.22. The zero-order valence-corrected chi connectivity index (χ0v) is 34.5. The highest BCUT2D eigenvalue weighted by molar-refractivity contribution is 5.68. The first kappa shape index (κ1) is 43.2. The summed E-state index contributed by atoms with van der Waals surface area (Å²) in [5, 5.41) is 0. The second kappa shape index (κ2) is 20.1. The lowest BCUT2D eigenvalue weighted by Gasteiger charge is -2.27.